The second kappa shape index (κ2) is 9.68. The number of aromatic nitrogens is 1. The van der Waals surface area contributed by atoms with E-state index in [1.165, 1.54) is 5.56 Å². The van der Waals surface area contributed by atoms with Gasteiger partial charge in [-0.05, 0) is 37.3 Å². The number of fused-ring (bicyclic) bond motifs is 1. The molecule has 0 unspecified atom stereocenters. The quantitative estimate of drug-likeness (QED) is 0.578. The van der Waals surface area contributed by atoms with E-state index in [0.29, 0.717) is 18.4 Å². The molecule has 0 fully saturated rings. The molecule has 0 aliphatic carbocycles. The first-order chi connectivity index (χ1) is 13.6. The number of guanidine groups is 1. The van der Waals surface area contributed by atoms with Crippen LogP contribution in [0, 0.1) is 0 Å². The van der Waals surface area contributed by atoms with E-state index < -0.39 is 0 Å². The standard InChI is InChI=1S/C21H29N5OS/c1-4-22-21(23-12-19-25-17(14-28-19)15(2)3)24-13-20(27)26-11-7-9-16-8-5-6-10-18(16)26/h5-6,8,10,14-15H,4,7,9,11-13H2,1-3H3,(H2,22,23,24). The third-order valence-electron chi connectivity index (χ3n) is 4.70. The molecule has 2 aromatic rings. The van der Waals surface area contributed by atoms with Gasteiger partial charge in [0.15, 0.2) is 5.96 Å². The van der Waals surface area contributed by atoms with Crippen molar-refractivity contribution in [3.05, 3.63) is 45.9 Å². The molecule has 6 nitrogen and oxygen atoms in total. The van der Waals surface area contributed by atoms with Crippen molar-refractivity contribution in [2.75, 3.05) is 24.5 Å². The summed E-state index contributed by atoms with van der Waals surface area (Å²) in [7, 11) is 0. The second-order valence-electron chi connectivity index (χ2n) is 7.15. The number of hydrogen-bond acceptors (Lipinski definition) is 4. The van der Waals surface area contributed by atoms with Crippen LogP contribution >= 0.6 is 11.3 Å². The normalized spacial score (nSPS) is 14.1. The van der Waals surface area contributed by atoms with Crippen LogP contribution < -0.4 is 15.5 Å². The van der Waals surface area contributed by atoms with Gasteiger partial charge >= 0.3 is 0 Å². The van der Waals surface area contributed by atoms with Crippen LogP contribution in [0.4, 0.5) is 5.69 Å². The molecule has 0 saturated heterocycles. The lowest BCUT2D eigenvalue weighted by atomic mass is 10.0. The number of aliphatic imine (C=N–C) groups is 1. The molecule has 1 aliphatic heterocycles. The van der Waals surface area contributed by atoms with E-state index in [9.17, 15) is 4.79 Å². The Balaban J connectivity index is 1.61. The summed E-state index contributed by atoms with van der Waals surface area (Å²) in [6.07, 6.45) is 2.02. The number of hydrogen-bond donors (Lipinski definition) is 2. The molecule has 0 atom stereocenters. The molecule has 1 amide bonds. The molecule has 1 aromatic carbocycles. The van der Waals surface area contributed by atoms with Gasteiger partial charge in [0.2, 0.25) is 5.91 Å². The summed E-state index contributed by atoms with van der Waals surface area (Å²) in [6, 6.07) is 8.14. The fraction of sp³-hybridized carbons (Fsp3) is 0.476. The van der Waals surface area contributed by atoms with Gasteiger partial charge in [0.05, 0.1) is 12.2 Å². The molecule has 28 heavy (non-hydrogen) atoms. The van der Waals surface area contributed by atoms with Crippen LogP contribution in [0.3, 0.4) is 0 Å². The minimum absolute atomic E-state index is 0.0284. The van der Waals surface area contributed by atoms with E-state index >= 15 is 0 Å². The third-order valence-corrected chi connectivity index (χ3v) is 5.56. The summed E-state index contributed by atoms with van der Waals surface area (Å²) >= 11 is 1.65. The first-order valence-corrected chi connectivity index (χ1v) is 10.8. The minimum Gasteiger partial charge on any atom is -0.357 e. The number of para-hydroxylation sites is 1. The van der Waals surface area contributed by atoms with Crippen molar-refractivity contribution in [3.63, 3.8) is 0 Å². The Hall–Kier alpha value is -2.41. The second-order valence-corrected chi connectivity index (χ2v) is 8.09. The Labute approximate surface area is 171 Å². The first kappa shape index (κ1) is 20.3. The van der Waals surface area contributed by atoms with Crippen molar-refractivity contribution in [2.45, 2.75) is 46.1 Å². The SMILES string of the molecule is CCNC(=NCC(=O)N1CCCc2ccccc21)NCc1nc(C(C)C)cs1. The molecule has 2 heterocycles. The van der Waals surface area contributed by atoms with Crippen molar-refractivity contribution < 1.29 is 4.79 Å². The van der Waals surface area contributed by atoms with Gasteiger partial charge in [-0.15, -0.1) is 11.3 Å². The van der Waals surface area contributed by atoms with Crippen LogP contribution in [0.1, 0.15) is 49.4 Å². The van der Waals surface area contributed by atoms with E-state index in [2.05, 4.69) is 45.9 Å². The largest absolute Gasteiger partial charge is 0.357 e. The summed E-state index contributed by atoms with van der Waals surface area (Å²) in [6.45, 7) is 8.52. The van der Waals surface area contributed by atoms with Crippen molar-refractivity contribution in [1.29, 1.82) is 0 Å². The summed E-state index contributed by atoms with van der Waals surface area (Å²) in [5.41, 5.74) is 3.37. The predicted molar refractivity (Wildman–Crippen MR) is 116 cm³/mol. The molecule has 0 bridgehead atoms. The number of anilines is 1. The van der Waals surface area contributed by atoms with E-state index in [0.717, 1.165) is 42.3 Å². The smallest absolute Gasteiger partial charge is 0.248 e. The first-order valence-electron chi connectivity index (χ1n) is 9.93. The number of aryl methyl sites for hydroxylation is 1. The van der Waals surface area contributed by atoms with Crippen molar-refractivity contribution in [3.8, 4) is 0 Å². The molecule has 2 N–H and O–H groups in total. The van der Waals surface area contributed by atoms with Crippen molar-refractivity contribution in [2.24, 2.45) is 4.99 Å². The Bertz CT molecular complexity index is 830. The lowest BCUT2D eigenvalue weighted by Crippen LogP contribution is -2.40. The number of nitrogens with one attached hydrogen (secondary N) is 2. The van der Waals surface area contributed by atoms with E-state index in [1.807, 2.05) is 30.0 Å². The number of carbonyl (C=O) groups is 1. The highest BCUT2D eigenvalue weighted by molar-refractivity contribution is 7.09. The Morgan fingerprint density at radius 3 is 2.89 bits per heavy atom. The van der Waals surface area contributed by atoms with Crippen LogP contribution in [-0.4, -0.2) is 36.5 Å². The molecule has 1 aromatic heterocycles. The van der Waals surface area contributed by atoms with E-state index in [-0.39, 0.29) is 12.5 Å². The highest BCUT2D eigenvalue weighted by Gasteiger charge is 2.21. The van der Waals surface area contributed by atoms with Gasteiger partial charge in [-0.1, -0.05) is 32.0 Å². The highest BCUT2D eigenvalue weighted by Crippen LogP contribution is 2.26. The van der Waals surface area contributed by atoms with E-state index in [1.54, 1.807) is 11.3 Å². The van der Waals surface area contributed by atoms with Gasteiger partial charge in [0.1, 0.15) is 11.6 Å². The molecular weight excluding hydrogens is 370 g/mol. The summed E-state index contributed by atoms with van der Waals surface area (Å²) < 4.78 is 0. The molecule has 3 rings (SSSR count). The van der Waals surface area contributed by atoms with Crippen LogP contribution in [0.15, 0.2) is 34.6 Å². The zero-order chi connectivity index (χ0) is 19.9. The Morgan fingerprint density at radius 2 is 2.14 bits per heavy atom. The van der Waals surface area contributed by atoms with E-state index in [4.69, 9.17) is 0 Å². The maximum absolute atomic E-state index is 12.8. The number of thiazole rings is 1. The molecule has 1 aliphatic rings. The Morgan fingerprint density at radius 1 is 1.32 bits per heavy atom. The maximum Gasteiger partial charge on any atom is 0.248 e. The maximum atomic E-state index is 12.8. The van der Waals surface area contributed by atoms with Gasteiger partial charge in [-0.3, -0.25) is 4.79 Å². The third kappa shape index (κ3) is 5.10. The number of nitrogens with zero attached hydrogens (tertiary/aromatic N) is 3. The number of rotatable bonds is 6. The van der Waals surface area contributed by atoms with Gasteiger partial charge < -0.3 is 15.5 Å². The monoisotopic (exact) mass is 399 g/mol. The fourth-order valence-corrected chi connectivity index (χ4v) is 4.09. The van der Waals surface area contributed by atoms with Crippen molar-refractivity contribution in [1.82, 2.24) is 15.6 Å². The molecular formula is C21H29N5OS. The summed E-state index contributed by atoms with van der Waals surface area (Å²) in [4.78, 5) is 23.8. The average Bonchev–Trinajstić information content (AvgIpc) is 3.19. The zero-order valence-electron chi connectivity index (χ0n) is 16.9. The molecule has 0 radical (unpaired) electrons. The van der Waals surface area contributed by atoms with Crippen LogP contribution in [0.25, 0.3) is 0 Å². The molecule has 0 spiro atoms. The predicted octanol–water partition coefficient (Wildman–Crippen LogP) is 3.30. The lowest BCUT2D eigenvalue weighted by Gasteiger charge is -2.29. The van der Waals surface area contributed by atoms with Crippen molar-refractivity contribution >= 4 is 28.9 Å². The highest BCUT2D eigenvalue weighted by atomic mass is 32.1. The van der Waals surface area contributed by atoms with Gasteiger partial charge in [0, 0.05) is 24.2 Å². The lowest BCUT2D eigenvalue weighted by molar-refractivity contribution is -0.117. The zero-order valence-corrected chi connectivity index (χ0v) is 17.7. The Kier molecular flexibility index (Phi) is 7.03. The number of carbonyl (C=O) groups excluding carboxylic acids is 1. The number of amides is 1. The molecule has 150 valence electrons. The average molecular weight is 400 g/mol. The molecule has 7 heteroatoms. The van der Waals surface area contributed by atoms with Crippen LogP contribution in [-0.2, 0) is 17.8 Å². The van der Waals surface area contributed by atoms with Crippen LogP contribution in [0.2, 0.25) is 0 Å². The molecule has 0 saturated carbocycles. The minimum atomic E-state index is 0.0284. The van der Waals surface area contributed by atoms with Gasteiger partial charge in [-0.25, -0.2) is 9.98 Å². The van der Waals surface area contributed by atoms with Gasteiger partial charge in [-0.2, -0.15) is 0 Å². The summed E-state index contributed by atoms with van der Waals surface area (Å²) in [5.74, 6) is 1.10. The van der Waals surface area contributed by atoms with Crippen LogP contribution in [0.5, 0.6) is 0 Å². The topological polar surface area (TPSA) is 69.6 Å². The summed E-state index contributed by atoms with van der Waals surface area (Å²) in [5, 5.41) is 9.61. The number of benzene rings is 1. The fourth-order valence-electron chi connectivity index (χ4n) is 3.20. The van der Waals surface area contributed by atoms with Gasteiger partial charge in [0.25, 0.3) is 0 Å².